The van der Waals surface area contributed by atoms with Crippen LogP contribution >= 0.6 is 11.3 Å². The van der Waals surface area contributed by atoms with E-state index < -0.39 is 5.97 Å². The lowest BCUT2D eigenvalue weighted by molar-refractivity contribution is 0.0691. The van der Waals surface area contributed by atoms with Crippen LogP contribution in [-0.4, -0.2) is 16.1 Å². The fourth-order valence-electron chi connectivity index (χ4n) is 1.39. The first kappa shape index (κ1) is 8.44. The fourth-order valence-corrected chi connectivity index (χ4v) is 2.31. The first-order chi connectivity index (χ1) is 6.27. The van der Waals surface area contributed by atoms with E-state index >= 15 is 0 Å². The van der Waals surface area contributed by atoms with Crippen molar-refractivity contribution < 1.29 is 9.90 Å². The van der Waals surface area contributed by atoms with Crippen molar-refractivity contribution >= 4 is 17.3 Å². The Balaban J connectivity index is 2.17. The molecule has 0 saturated carbocycles. The van der Waals surface area contributed by atoms with Crippen LogP contribution in [0.2, 0.25) is 0 Å². The van der Waals surface area contributed by atoms with Gasteiger partial charge in [0, 0.05) is 11.3 Å². The molecular formula is C9H9NO2S. The standard InChI is InChI=1S/C9H9NO2S/c11-9(12)7-5-13-8(10-7)6-3-1-2-4-6/h1-2,5-6H,3-4H2,(H,11,12). The average Bonchev–Trinajstić information content (AvgIpc) is 2.75. The topological polar surface area (TPSA) is 50.2 Å². The van der Waals surface area contributed by atoms with Crippen molar-refractivity contribution in [3.05, 3.63) is 28.2 Å². The Kier molecular flexibility index (Phi) is 2.14. The lowest BCUT2D eigenvalue weighted by Gasteiger charge is -2.02. The van der Waals surface area contributed by atoms with Gasteiger partial charge in [-0.15, -0.1) is 11.3 Å². The molecular weight excluding hydrogens is 186 g/mol. The number of rotatable bonds is 2. The summed E-state index contributed by atoms with van der Waals surface area (Å²) >= 11 is 1.44. The van der Waals surface area contributed by atoms with Gasteiger partial charge in [-0.1, -0.05) is 12.2 Å². The lowest BCUT2D eigenvalue weighted by Crippen LogP contribution is -1.98. The van der Waals surface area contributed by atoms with Crippen molar-refractivity contribution in [3.63, 3.8) is 0 Å². The lowest BCUT2D eigenvalue weighted by atomic mass is 10.1. The van der Waals surface area contributed by atoms with Crippen LogP contribution in [0.4, 0.5) is 0 Å². The van der Waals surface area contributed by atoms with Crippen LogP contribution in [-0.2, 0) is 0 Å². The summed E-state index contributed by atoms with van der Waals surface area (Å²) in [5, 5.41) is 11.2. The van der Waals surface area contributed by atoms with Gasteiger partial charge < -0.3 is 5.11 Å². The minimum atomic E-state index is -0.937. The molecule has 0 saturated heterocycles. The second-order valence-corrected chi connectivity index (χ2v) is 3.91. The fraction of sp³-hybridized carbons (Fsp3) is 0.333. The van der Waals surface area contributed by atoms with Crippen molar-refractivity contribution in [2.75, 3.05) is 0 Å². The van der Waals surface area contributed by atoms with E-state index in [2.05, 4.69) is 17.1 Å². The van der Waals surface area contributed by atoms with Crippen LogP contribution in [0, 0.1) is 0 Å². The number of carboxylic acid groups (broad SMARTS) is 1. The molecule has 1 heterocycles. The second-order valence-electron chi connectivity index (χ2n) is 3.02. The van der Waals surface area contributed by atoms with E-state index in [-0.39, 0.29) is 5.69 Å². The number of aromatic nitrogens is 1. The number of allylic oxidation sites excluding steroid dienone is 2. The third kappa shape index (κ3) is 1.62. The first-order valence-corrected chi connectivity index (χ1v) is 4.99. The minimum absolute atomic E-state index is 0.173. The van der Waals surface area contributed by atoms with Gasteiger partial charge in [0.15, 0.2) is 5.69 Å². The monoisotopic (exact) mass is 195 g/mol. The van der Waals surface area contributed by atoms with E-state index in [4.69, 9.17) is 5.11 Å². The highest BCUT2D eigenvalue weighted by Crippen LogP contribution is 2.31. The molecule has 0 amide bonds. The molecule has 0 fully saturated rings. The molecule has 0 aliphatic heterocycles. The molecule has 2 rings (SSSR count). The highest BCUT2D eigenvalue weighted by molar-refractivity contribution is 7.09. The van der Waals surface area contributed by atoms with Crippen LogP contribution in [0.15, 0.2) is 17.5 Å². The first-order valence-electron chi connectivity index (χ1n) is 4.11. The second kappa shape index (κ2) is 3.30. The molecule has 68 valence electrons. The van der Waals surface area contributed by atoms with Crippen molar-refractivity contribution in [2.24, 2.45) is 0 Å². The van der Waals surface area contributed by atoms with Crippen molar-refractivity contribution in [1.29, 1.82) is 0 Å². The van der Waals surface area contributed by atoms with Gasteiger partial charge in [0.25, 0.3) is 0 Å². The molecule has 0 unspecified atom stereocenters. The maximum Gasteiger partial charge on any atom is 0.355 e. The maximum atomic E-state index is 10.6. The molecule has 1 aliphatic carbocycles. The van der Waals surface area contributed by atoms with Gasteiger partial charge in [-0.2, -0.15) is 0 Å². The minimum Gasteiger partial charge on any atom is -0.476 e. The zero-order valence-corrected chi connectivity index (χ0v) is 7.75. The van der Waals surface area contributed by atoms with Gasteiger partial charge >= 0.3 is 5.97 Å². The van der Waals surface area contributed by atoms with Crippen LogP contribution in [0.25, 0.3) is 0 Å². The molecule has 0 radical (unpaired) electrons. The van der Waals surface area contributed by atoms with Gasteiger partial charge in [0.2, 0.25) is 0 Å². The number of hydrogen-bond donors (Lipinski definition) is 1. The van der Waals surface area contributed by atoms with Crippen molar-refractivity contribution in [1.82, 2.24) is 4.98 Å². The average molecular weight is 195 g/mol. The largest absolute Gasteiger partial charge is 0.476 e. The molecule has 0 atom stereocenters. The quantitative estimate of drug-likeness (QED) is 0.736. The maximum absolute atomic E-state index is 10.6. The van der Waals surface area contributed by atoms with Crippen LogP contribution < -0.4 is 0 Å². The molecule has 1 aromatic rings. The van der Waals surface area contributed by atoms with E-state index in [0.717, 1.165) is 17.8 Å². The normalized spacial score (nSPS) is 16.6. The summed E-state index contributed by atoms with van der Waals surface area (Å²) in [7, 11) is 0. The van der Waals surface area contributed by atoms with Crippen LogP contribution in [0.5, 0.6) is 0 Å². The molecule has 1 aromatic heterocycles. The third-order valence-corrected chi connectivity index (χ3v) is 3.11. The number of carboxylic acids is 1. The highest BCUT2D eigenvalue weighted by Gasteiger charge is 2.18. The Hall–Kier alpha value is -1.16. The molecule has 0 aromatic carbocycles. The molecule has 4 heteroatoms. The number of hydrogen-bond acceptors (Lipinski definition) is 3. The van der Waals surface area contributed by atoms with Gasteiger partial charge in [0.1, 0.15) is 0 Å². The summed E-state index contributed by atoms with van der Waals surface area (Å²) in [5.41, 5.74) is 0.173. The van der Waals surface area contributed by atoms with Crippen LogP contribution in [0.3, 0.4) is 0 Å². The van der Waals surface area contributed by atoms with Gasteiger partial charge in [-0.25, -0.2) is 9.78 Å². The van der Waals surface area contributed by atoms with E-state index in [0.29, 0.717) is 5.92 Å². The van der Waals surface area contributed by atoms with Gasteiger partial charge in [-0.05, 0) is 12.8 Å². The summed E-state index contributed by atoms with van der Waals surface area (Å²) in [5.74, 6) is -0.522. The van der Waals surface area contributed by atoms with Crippen molar-refractivity contribution in [2.45, 2.75) is 18.8 Å². The molecule has 3 nitrogen and oxygen atoms in total. The van der Waals surface area contributed by atoms with E-state index in [9.17, 15) is 4.79 Å². The highest BCUT2D eigenvalue weighted by atomic mass is 32.1. The molecule has 13 heavy (non-hydrogen) atoms. The summed E-state index contributed by atoms with van der Waals surface area (Å²) in [4.78, 5) is 14.6. The van der Waals surface area contributed by atoms with Gasteiger partial charge in [0.05, 0.1) is 5.01 Å². The summed E-state index contributed by atoms with van der Waals surface area (Å²) < 4.78 is 0. The van der Waals surface area contributed by atoms with E-state index in [1.165, 1.54) is 11.3 Å². The zero-order valence-electron chi connectivity index (χ0n) is 6.93. The number of aromatic carboxylic acids is 1. The number of nitrogens with zero attached hydrogens (tertiary/aromatic N) is 1. The molecule has 0 bridgehead atoms. The molecule has 1 aliphatic rings. The Labute approximate surface area is 79.7 Å². The molecule has 1 N–H and O–H groups in total. The Morgan fingerprint density at radius 1 is 1.54 bits per heavy atom. The predicted molar refractivity (Wildman–Crippen MR) is 50.2 cm³/mol. The Morgan fingerprint density at radius 2 is 2.23 bits per heavy atom. The summed E-state index contributed by atoms with van der Waals surface area (Å²) in [6, 6.07) is 0. The number of carbonyl (C=O) groups is 1. The van der Waals surface area contributed by atoms with Gasteiger partial charge in [-0.3, -0.25) is 0 Å². The van der Waals surface area contributed by atoms with Crippen molar-refractivity contribution in [3.8, 4) is 0 Å². The predicted octanol–water partition coefficient (Wildman–Crippen LogP) is 2.27. The molecule has 0 spiro atoms. The Morgan fingerprint density at radius 3 is 2.77 bits per heavy atom. The zero-order chi connectivity index (χ0) is 9.26. The smallest absolute Gasteiger partial charge is 0.355 e. The van der Waals surface area contributed by atoms with E-state index in [1.807, 2.05) is 0 Å². The van der Waals surface area contributed by atoms with E-state index in [1.54, 1.807) is 5.38 Å². The SMILES string of the molecule is O=C(O)c1csc(C2CC=CC2)n1. The third-order valence-electron chi connectivity index (χ3n) is 2.10. The number of thiazole rings is 1. The summed E-state index contributed by atoms with van der Waals surface area (Å²) in [6.45, 7) is 0. The summed E-state index contributed by atoms with van der Waals surface area (Å²) in [6.07, 6.45) is 6.22. The Bertz CT molecular complexity index is 348. The van der Waals surface area contributed by atoms with Crippen LogP contribution in [0.1, 0.15) is 34.3 Å².